The van der Waals surface area contributed by atoms with E-state index in [4.69, 9.17) is 5.73 Å². The van der Waals surface area contributed by atoms with Gasteiger partial charge in [0.05, 0.1) is 0 Å². The highest BCUT2D eigenvalue weighted by Gasteiger charge is 2.01. The minimum Gasteiger partial charge on any atom is -0.357 e. The first-order valence-corrected chi connectivity index (χ1v) is 3.78. The molecule has 0 aromatic carbocycles. The van der Waals surface area contributed by atoms with Gasteiger partial charge in [0, 0.05) is 6.54 Å². The Morgan fingerprint density at radius 1 is 1.73 bits per heavy atom. The Balaban J connectivity index is 2.39. The van der Waals surface area contributed by atoms with Crippen LogP contribution in [0.25, 0.3) is 0 Å². The molecule has 1 aromatic heterocycles. The van der Waals surface area contributed by atoms with Crippen molar-refractivity contribution < 1.29 is 4.98 Å². The van der Waals surface area contributed by atoms with E-state index in [-0.39, 0.29) is 0 Å². The van der Waals surface area contributed by atoms with E-state index in [0.29, 0.717) is 11.9 Å². The van der Waals surface area contributed by atoms with Gasteiger partial charge in [0.2, 0.25) is 0 Å². The van der Waals surface area contributed by atoms with E-state index < -0.39 is 0 Å². The minimum absolute atomic E-state index is 0.580. The maximum atomic E-state index is 5.43. The monoisotopic (exact) mass is 155 g/mol. The van der Waals surface area contributed by atoms with Gasteiger partial charge in [-0.1, -0.05) is 13.8 Å². The Labute approximate surface area is 66.2 Å². The fourth-order valence-electron chi connectivity index (χ4n) is 0.776. The molecule has 0 unspecified atom stereocenters. The van der Waals surface area contributed by atoms with Gasteiger partial charge in [-0.15, -0.1) is 0 Å². The van der Waals surface area contributed by atoms with Crippen molar-refractivity contribution in [2.24, 2.45) is 5.92 Å². The lowest BCUT2D eigenvalue weighted by Gasteiger charge is -2.03. The van der Waals surface area contributed by atoms with Gasteiger partial charge in [-0.3, -0.25) is 5.73 Å². The molecule has 0 fully saturated rings. The molecule has 0 aliphatic rings. The quantitative estimate of drug-likeness (QED) is 0.594. The molecule has 0 radical (unpaired) electrons. The Bertz CT molecular complexity index is 216. The molecule has 0 atom stereocenters. The summed E-state index contributed by atoms with van der Waals surface area (Å²) in [6, 6.07) is 0. The lowest BCUT2D eigenvalue weighted by Crippen LogP contribution is -2.08. The zero-order chi connectivity index (χ0) is 8.27. The van der Waals surface area contributed by atoms with Crippen LogP contribution >= 0.6 is 0 Å². The van der Waals surface area contributed by atoms with Crippen molar-refractivity contribution in [1.29, 1.82) is 0 Å². The van der Waals surface area contributed by atoms with Crippen molar-refractivity contribution in [1.82, 2.24) is 4.98 Å². The first kappa shape index (κ1) is 7.91. The summed E-state index contributed by atoms with van der Waals surface area (Å²) in [6.07, 6.45) is 1.82. The van der Waals surface area contributed by atoms with E-state index in [1.807, 2.05) is 6.20 Å². The van der Waals surface area contributed by atoms with Crippen LogP contribution in [-0.4, -0.2) is 11.5 Å². The number of nitrogens with one attached hydrogen (secondary N) is 3. The van der Waals surface area contributed by atoms with Crippen LogP contribution in [0.5, 0.6) is 0 Å². The molecular weight excluding hydrogens is 140 g/mol. The number of hydrogen-bond acceptors (Lipinski definition) is 2. The summed E-state index contributed by atoms with van der Waals surface area (Å²) in [5.41, 5.74) is 5.43. The molecular formula is C7H15N4+. The maximum absolute atomic E-state index is 5.43. The molecule has 5 N–H and O–H groups in total. The zero-order valence-corrected chi connectivity index (χ0v) is 6.94. The molecule has 0 spiro atoms. The van der Waals surface area contributed by atoms with Crippen molar-refractivity contribution in [3.05, 3.63) is 6.20 Å². The molecule has 4 nitrogen and oxygen atoms in total. The Morgan fingerprint density at radius 2 is 2.45 bits per heavy atom. The van der Waals surface area contributed by atoms with E-state index in [0.717, 1.165) is 12.4 Å². The molecule has 1 aromatic rings. The Morgan fingerprint density at radius 3 is 2.91 bits per heavy atom. The van der Waals surface area contributed by atoms with Gasteiger partial charge in [-0.05, 0) is 5.92 Å². The number of hydrogen-bond donors (Lipinski definition) is 3. The van der Waals surface area contributed by atoms with Crippen molar-refractivity contribution in [3.63, 3.8) is 0 Å². The van der Waals surface area contributed by atoms with E-state index in [1.165, 1.54) is 0 Å². The van der Waals surface area contributed by atoms with Crippen molar-refractivity contribution in [2.45, 2.75) is 13.8 Å². The molecule has 11 heavy (non-hydrogen) atoms. The van der Waals surface area contributed by atoms with E-state index >= 15 is 0 Å². The highest BCUT2D eigenvalue weighted by atomic mass is 15.1. The van der Waals surface area contributed by atoms with Gasteiger partial charge in [0.1, 0.15) is 6.20 Å². The first-order valence-electron chi connectivity index (χ1n) is 3.78. The molecule has 0 amide bonds. The maximum Gasteiger partial charge on any atom is 0.351 e. The third-order valence-electron chi connectivity index (χ3n) is 1.34. The van der Waals surface area contributed by atoms with Crippen molar-refractivity contribution in [3.8, 4) is 0 Å². The van der Waals surface area contributed by atoms with Crippen LogP contribution in [0.4, 0.5) is 11.8 Å². The van der Waals surface area contributed by atoms with E-state index in [2.05, 4.69) is 29.1 Å². The Hall–Kier alpha value is -1.19. The summed E-state index contributed by atoms with van der Waals surface area (Å²) >= 11 is 0. The molecule has 1 rings (SSSR count). The predicted molar refractivity (Wildman–Crippen MR) is 45.1 cm³/mol. The van der Waals surface area contributed by atoms with Crippen molar-refractivity contribution >= 4 is 11.8 Å². The van der Waals surface area contributed by atoms with Gasteiger partial charge in [0.15, 0.2) is 5.82 Å². The standard InChI is InChI=1S/C7H14N4/c1-5(2)3-9-6-4-10-7(8)11-6/h4-5,9H,3H2,1-2H3,(H3,8,10,11)/p+1. The van der Waals surface area contributed by atoms with Gasteiger partial charge in [-0.2, -0.15) is 0 Å². The average molecular weight is 155 g/mol. The van der Waals surface area contributed by atoms with Crippen LogP contribution in [0.1, 0.15) is 13.8 Å². The van der Waals surface area contributed by atoms with Crippen LogP contribution in [0, 0.1) is 5.92 Å². The smallest absolute Gasteiger partial charge is 0.351 e. The number of aromatic nitrogens is 2. The topological polar surface area (TPSA) is 68.0 Å². The summed E-state index contributed by atoms with van der Waals surface area (Å²) in [6.45, 7) is 5.26. The predicted octanol–water partition coefficient (Wildman–Crippen LogP) is 0.479. The number of aromatic amines is 2. The average Bonchev–Trinajstić information content (AvgIpc) is 2.31. The molecule has 4 heteroatoms. The Kier molecular flexibility index (Phi) is 2.36. The lowest BCUT2D eigenvalue weighted by molar-refractivity contribution is -0.357. The third kappa shape index (κ3) is 2.49. The summed E-state index contributed by atoms with van der Waals surface area (Å²) < 4.78 is 0. The molecule has 0 aliphatic heterocycles. The molecule has 0 aliphatic carbocycles. The summed E-state index contributed by atoms with van der Waals surface area (Å²) in [4.78, 5) is 5.79. The number of nitrogen functional groups attached to an aromatic ring is 1. The molecule has 0 bridgehead atoms. The van der Waals surface area contributed by atoms with Crippen LogP contribution in [0.3, 0.4) is 0 Å². The van der Waals surface area contributed by atoms with Crippen LogP contribution in [0.2, 0.25) is 0 Å². The van der Waals surface area contributed by atoms with Crippen LogP contribution < -0.4 is 16.0 Å². The fourth-order valence-corrected chi connectivity index (χ4v) is 0.776. The zero-order valence-electron chi connectivity index (χ0n) is 6.94. The van der Waals surface area contributed by atoms with Crippen LogP contribution in [-0.2, 0) is 0 Å². The van der Waals surface area contributed by atoms with Gasteiger partial charge in [0.25, 0.3) is 0 Å². The van der Waals surface area contributed by atoms with Gasteiger partial charge >= 0.3 is 5.95 Å². The summed E-state index contributed by atoms with van der Waals surface area (Å²) in [5.74, 6) is 2.16. The molecule has 62 valence electrons. The van der Waals surface area contributed by atoms with E-state index in [1.54, 1.807) is 0 Å². The van der Waals surface area contributed by atoms with E-state index in [9.17, 15) is 0 Å². The number of imidazole rings is 1. The van der Waals surface area contributed by atoms with Crippen molar-refractivity contribution in [2.75, 3.05) is 17.6 Å². The highest BCUT2D eigenvalue weighted by molar-refractivity contribution is 5.33. The number of H-pyrrole nitrogens is 2. The number of nitrogens with two attached hydrogens (primary N) is 1. The molecule has 1 heterocycles. The molecule has 0 saturated heterocycles. The second-order valence-electron chi connectivity index (χ2n) is 3.02. The van der Waals surface area contributed by atoms with Crippen LogP contribution in [0.15, 0.2) is 6.20 Å². The molecule has 0 saturated carbocycles. The summed E-state index contributed by atoms with van der Waals surface area (Å²) in [5, 5.41) is 3.20. The van der Waals surface area contributed by atoms with Gasteiger partial charge in [-0.25, -0.2) is 9.97 Å². The largest absolute Gasteiger partial charge is 0.357 e. The summed E-state index contributed by atoms with van der Waals surface area (Å²) in [7, 11) is 0. The lowest BCUT2D eigenvalue weighted by atomic mass is 10.2. The number of rotatable bonds is 3. The third-order valence-corrected chi connectivity index (χ3v) is 1.34. The normalized spacial score (nSPS) is 10.5. The first-order chi connectivity index (χ1) is 5.18. The second kappa shape index (κ2) is 3.27. The minimum atomic E-state index is 0.580. The SMILES string of the molecule is CC(C)CNc1c[nH+]c(N)[nH]1. The van der Waals surface area contributed by atoms with Gasteiger partial charge < -0.3 is 5.32 Å². The fraction of sp³-hybridized carbons (Fsp3) is 0.571. The highest BCUT2D eigenvalue weighted by Crippen LogP contribution is 2.01. The second-order valence-corrected chi connectivity index (χ2v) is 3.02. The number of anilines is 2.